The van der Waals surface area contributed by atoms with E-state index in [1.807, 2.05) is 13.8 Å². The molecule has 0 fully saturated rings. The minimum atomic E-state index is -0.526. The first-order valence-corrected chi connectivity index (χ1v) is 6.47. The molecule has 1 aromatic rings. The van der Waals surface area contributed by atoms with Crippen LogP contribution in [0.3, 0.4) is 0 Å². The van der Waals surface area contributed by atoms with Crippen molar-refractivity contribution in [3.8, 4) is 0 Å². The second-order valence-electron chi connectivity index (χ2n) is 5.57. The number of aliphatic hydroxyl groups is 1. The van der Waals surface area contributed by atoms with Crippen molar-refractivity contribution in [3.63, 3.8) is 0 Å². The van der Waals surface area contributed by atoms with E-state index in [1.54, 1.807) is 0 Å². The van der Waals surface area contributed by atoms with E-state index in [-0.39, 0.29) is 29.4 Å². The van der Waals surface area contributed by atoms with Crippen LogP contribution in [-0.4, -0.2) is 33.7 Å². The Morgan fingerprint density at radius 1 is 1.50 bits per heavy atom. The summed E-state index contributed by atoms with van der Waals surface area (Å²) in [6.45, 7) is 4.57. The Morgan fingerprint density at radius 2 is 2.15 bits per heavy atom. The van der Waals surface area contributed by atoms with Gasteiger partial charge in [0.1, 0.15) is 0 Å². The maximum Gasteiger partial charge on any atom is 0.323 e. The summed E-state index contributed by atoms with van der Waals surface area (Å²) in [6, 6.07) is 2.75. The summed E-state index contributed by atoms with van der Waals surface area (Å²) in [5, 5.41) is 22.3. The summed E-state index contributed by atoms with van der Waals surface area (Å²) < 4.78 is 1.26. The van der Waals surface area contributed by atoms with Crippen LogP contribution in [0.4, 0.5) is 5.82 Å². The van der Waals surface area contributed by atoms with Crippen LogP contribution >= 0.6 is 0 Å². The van der Waals surface area contributed by atoms with E-state index in [0.717, 1.165) is 6.42 Å². The Hall–Kier alpha value is -1.89. The molecular formula is C13H21N3O4. The molecule has 112 valence electrons. The summed E-state index contributed by atoms with van der Waals surface area (Å²) in [4.78, 5) is 22.2. The van der Waals surface area contributed by atoms with Gasteiger partial charge in [-0.15, -0.1) is 0 Å². The number of amides is 1. The minimum Gasteiger partial charge on any atom is -0.396 e. The Morgan fingerprint density at radius 3 is 2.65 bits per heavy atom. The first-order valence-electron chi connectivity index (χ1n) is 6.47. The second-order valence-corrected chi connectivity index (χ2v) is 5.57. The third kappa shape index (κ3) is 4.06. The number of aliphatic hydroxyl groups excluding tert-OH is 1. The smallest absolute Gasteiger partial charge is 0.323 e. The molecule has 0 unspecified atom stereocenters. The number of rotatable bonds is 7. The molecule has 0 aliphatic rings. The van der Waals surface area contributed by atoms with E-state index in [1.165, 1.54) is 23.7 Å². The highest BCUT2D eigenvalue weighted by atomic mass is 16.6. The molecule has 0 spiro atoms. The van der Waals surface area contributed by atoms with Crippen LogP contribution in [0.15, 0.2) is 12.1 Å². The fraction of sp³-hybridized carbons (Fsp3) is 0.615. The topological polar surface area (TPSA) is 97.4 Å². The fourth-order valence-corrected chi connectivity index (χ4v) is 1.97. The largest absolute Gasteiger partial charge is 0.396 e. The number of carbonyl (C=O) groups is 1. The molecule has 1 aromatic heterocycles. The van der Waals surface area contributed by atoms with Crippen LogP contribution in [0.5, 0.6) is 0 Å². The maximum absolute atomic E-state index is 12.0. The van der Waals surface area contributed by atoms with Gasteiger partial charge in [0.25, 0.3) is 5.91 Å². The maximum atomic E-state index is 12.0. The van der Waals surface area contributed by atoms with Gasteiger partial charge in [-0.3, -0.25) is 4.79 Å². The monoisotopic (exact) mass is 283 g/mol. The SMILES string of the molecule is Cn1c(C(=O)NCC(C)(C)CCCO)ccc1[N+](=O)[O-]. The first kappa shape index (κ1) is 16.2. The number of nitro groups is 1. The minimum absolute atomic E-state index is 0.116. The summed E-state index contributed by atoms with van der Waals surface area (Å²) >= 11 is 0. The third-order valence-corrected chi connectivity index (χ3v) is 3.25. The molecule has 7 heteroatoms. The van der Waals surface area contributed by atoms with E-state index in [4.69, 9.17) is 5.11 Å². The number of hydrogen-bond acceptors (Lipinski definition) is 4. The molecule has 0 aliphatic heterocycles. The Labute approximate surface area is 117 Å². The van der Waals surface area contributed by atoms with E-state index < -0.39 is 4.92 Å². The number of carbonyl (C=O) groups excluding carboxylic acids is 1. The van der Waals surface area contributed by atoms with E-state index in [9.17, 15) is 14.9 Å². The summed E-state index contributed by atoms with van der Waals surface area (Å²) in [5.74, 6) is -0.452. The number of nitrogens with one attached hydrogen (secondary N) is 1. The predicted octanol–water partition coefficient (Wildman–Crippen LogP) is 1.46. The molecule has 2 N–H and O–H groups in total. The average molecular weight is 283 g/mol. The van der Waals surface area contributed by atoms with Crippen molar-refractivity contribution in [2.24, 2.45) is 12.5 Å². The van der Waals surface area contributed by atoms with Crippen molar-refractivity contribution < 1.29 is 14.8 Å². The lowest BCUT2D eigenvalue weighted by atomic mass is 9.88. The number of aromatic nitrogens is 1. The van der Waals surface area contributed by atoms with Crippen molar-refractivity contribution in [2.45, 2.75) is 26.7 Å². The zero-order chi connectivity index (χ0) is 15.3. The highest BCUT2D eigenvalue weighted by Crippen LogP contribution is 2.21. The van der Waals surface area contributed by atoms with Gasteiger partial charge in [-0.2, -0.15) is 0 Å². The van der Waals surface area contributed by atoms with Gasteiger partial charge < -0.3 is 20.5 Å². The molecule has 0 saturated carbocycles. The van der Waals surface area contributed by atoms with Gasteiger partial charge in [-0.1, -0.05) is 13.8 Å². The highest BCUT2D eigenvalue weighted by molar-refractivity contribution is 5.93. The average Bonchev–Trinajstić information content (AvgIpc) is 2.76. The van der Waals surface area contributed by atoms with E-state index in [2.05, 4.69) is 5.32 Å². The lowest BCUT2D eigenvalue weighted by Crippen LogP contribution is -2.35. The molecule has 0 atom stereocenters. The fourth-order valence-electron chi connectivity index (χ4n) is 1.97. The van der Waals surface area contributed by atoms with E-state index >= 15 is 0 Å². The van der Waals surface area contributed by atoms with Crippen LogP contribution in [0.25, 0.3) is 0 Å². The Balaban J connectivity index is 2.66. The second kappa shape index (κ2) is 6.51. The normalized spacial score (nSPS) is 11.4. The van der Waals surface area contributed by atoms with Gasteiger partial charge in [-0.25, -0.2) is 4.57 Å². The molecule has 0 bridgehead atoms. The standard InChI is InChI=1S/C13H21N3O4/c1-13(2,7-4-8-17)9-14-12(18)10-5-6-11(15(10)3)16(19)20/h5-6,17H,4,7-9H2,1-3H3,(H,14,18). The zero-order valence-electron chi connectivity index (χ0n) is 12.0. The highest BCUT2D eigenvalue weighted by Gasteiger charge is 2.23. The molecule has 7 nitrogen and oxygen atoms in total. The van der Waals surface area contributed by atoms with Crippen molar-refractivity contribution in [1.29, 1.82) is 0 Å². The zero-order valence-corrected chi connectivity index (χ0v) is 12.0. The van der Waals surface area contributed by atoms with Crippen LogP contribution < -0.4 is 5.32 Å². The third-order valence-electron chi connectivity index (χ3n) is 3.25. The van der Waals surface area contributed by atoms with Crippen LogP contribution in [0.2, 0.25) is 0 Å². The van der Waals surface area contributed by atoms with Gasteiger partial charge in [-0.05, 0) is 29.2 Å². The lowest BCUT2D eigenvalue weighted by molar-refractivity contribution is -0.391. The summed E-state index contributed by atoms with van der Waals surface area (Å²) in [7, 11) is 1.49. The molecule has 1 rings (SSSR count). The van der Waals surface area contributed by atoms with Crippen LogP contribution in [0, 0.1) is 15.5 Å². The molecule has 0 radical (unpaired) electrons. The number of hydrogen-bond donors (Lipinski definition) is 2. The Kier molecular flexibility index (Phi) is 5.26. The van der Waals surface area contributed by atoms with Gasteiger partial charge in [0.05, 0.1) is 7.05 Å². The molecule has 20 heavy (non-hydrogen) atoms. The van der Waals surface area contributed by atoms with Crippen LogP contribution in [-0.2, 0) is 7.05 Å². The molecule has 0 aromatic carbocycles. The van der Waals surface area contributed by atoms with Crippen molar-refractivity contribution >= 4 is 11.7 Å². The predicted molar refractivity (Wildman–Crippen MR) is 74.5 cm³/mol. The van der Waals surface area contributed by atoms with Crippen molar-refractivity contribution in [1.82, 2.24) is 9.88 Å². The molecule has 0 aliphatic carbocycles. The van der Waals surface area contributed by atoms with Crippen molar-refractivity contribution in [3.05, 3.63) is 27.9 Å². The number of nitrogens with zero attached hydrogens (tertiary/aromatic N) is 2. The molecule has 1 amide bonds. The van der Waals surface area contributed by atoms with Gasteiger partial charge in [0.15, 0.2) is 5.69 Å². The van der Waals surface area contributed by atoms with Gasteiger partial charge >= 0.3 is 5.82 Å². The lowest BCUT2D eigenvalue weighted by Gasteiger charge is -2.24. The molecule has 1 heterocycles. The molecular weight excluding hydrogens is 262 g/mol. The summed E-state index contributed by atoms with van der Waals surface area (Å²) in [5.41, 5.74) is 0.129. The first-order chi connectivity index (χ1) is 9.28. The van der Waals surface area contributed by atoms with Gasteiger partial charge in [0.2, 0.25) is 0 Å². The van der Waals surface area contributed by atoms with Crippen LogP contribution in [0.1, 0.15) is 37.2 Å². The van der Waals surface area contributed by atoms with E-state index in [0.29, 0.717) is 13.0 Å². The summed E-state index contributed by atoms with van der Waals surface area (Å²) in [6.07, 6.45) is 1.47. The molecule has 0 saturated heterocycles. The van der Waals surface area contributed by atoms with Gasteiger partial charge in [0, 0.05) is 19.2 Å². The quantitative estimate of drug-likeness (QED) is 0.584. The Bertz CT molecular complexity index is 494. The van der Waals surface area contributed by atoms with Crippen molar-refractivity contribution in [2.75, 3.05) is 13.2 Å².